The largest absolute Gasteiger partial charge is 0.416 e. The van der Waals surface area contributed by atoms with E-state index in [1.165, 1.54) is 22.9 Å². The van der Waals surface area contributed by atoms with Gasteiger partial charge in [-0.05, 0) is 91.1 Å². The van der Waals surface area contributed by atoms with Crippen molar-refractivity contribution in [1.82, 2.24) is 29.3 Å². The van der Waals surface area contributed by atoms with Crippen LogP contribution in [-0.2, 0) is 56.4 Å². The summed E-state index contributed by atoms with van der Waals surface area (Å²) < 4.78 is 76.0. The summed E-state index contributed by atoms with van der Waals surface area (Å²) in [7, 11) is -3.64. The van der Waals surface area contributed by atoms with Crippen molar-refractivity contribution in [1.29, 1.82) is 0 Å². The van der Waals surface area contributed by atoms with E-state index >= 15 is 0 Å². The van der Waals surface area contributed by atoms with Gasteiger partial charge in [0.25, 0.3) is 5.91 Å². The quantitative estimate of drug-likeness (QED) is 0.254. The first-order valence-electron chi connectivity index (χ1n) is 19.7. The molecule has 2 amide bonds. The molecule has 18 heteroatoms. The fourth-order valence-electron chi connectivity index (χ4n) is 8.32. The number of hydrogen-bond donors (Lipinski definition) is 3. The molecule has 0 bridgehead atoms. The molecule has 6 aliphatic rings. The highest BCUT2D eigenvalue weighted by Crippen LogP contribution is 2.42. The van der Waals surface area contributed by atoms with Gasteiger partial charge in [0.1, 0.15) is 12.1 Å². The third-order valence-corrected chi connectivity index (χ3v) is 13.5. The van der Waals surface area contributed by atoms with Gasteiger partial charge in [-0.25, -0.2) is 8.42 Å². The summed E-state index contributed by atoms with van der Waals surface area (Å²) in [6, 6.07) is 8.14. The highest BCUT2D eigenvalue weighted by atomic mass is 32.2. The van der Waals surface area contributed by atoms with Gasteiger partial charge in [0.2, 0.25) is 21.9 Å². The monoisotopic (exact) mass is 830 g/mol. The molecular weight excluding hydrogens is 790 g/mol. The number of aromatic nitrogens is 3. The molecule has 4 heterocycles. The minimum Gasteiger partial charge on any atom is -0.376 e. The van der Waals surface area contributed by atoms with Crippen molar-refractivity contribution in [3.05, 3.63) is 104 Å². The molecule has 1 saturated heterocycles. The fourth-order valence-corrected chi connectivity index (χ4v) is 9.72. The summed E-state index contributed by atoms with van der Waals surface area (Å²) >= 11 is 0. The number of benzene rings is 2. The Morgan fingerprint density at radius 1 is 1.03 bits per heavy atom. The number of nitrogens with one attached hydrogen (secondary N) is 2. The molecule has 2 fully saturated rings. The predicted molar refractivity (Wildman–Crippen MR) is 209 cm³/mol. The molecule has 3 aliphatic heterocycles. The average Bonchev–Trinajstić information content (AvgIpc) is 3.98. The van der Waals surface area contributed by atoms with Crippen LogP contribution in [0, 0.1) is 0 Å². The van der Waals surface area contributed by atoms with E-state index in [2.05, 4.69) is 21.5 Å². The number of allylic oxidation sites excluding steroid dienone is 3. The summed E-state index contributed by atoms with van der Waals surface area (Å²) in [6.07, 6.45) is 0.0581. The van der Waals surface area contributed by atoms with Gasteiger partial charge in [0, 0.05) is 43.1 Å². The van der Waals surface area contributed by atoms with Gasteiger partial charge < -0.3 is 29.9 Å². The molecular formula is C41H41F3N8O6S. The maximum atomic E-state index is 13.9. The molecule has 1 aromatic heterocycles. The lowest BCUT2D eigenvalue weighted by molar-refractivity contribution is -0.138. The molecule has 9 rings (SSSR count). The Balaban J connectivity index is 0.998. The number of halogens is 3. The molecule has 1 unspecified atom stereocenters. The topological polar surface area (TPSA) is 162 Å². The molecule has 0 radical (unpaired) electrons. The van der Waals surface area contributed by atoms with E-state index < -0.39 is 45.1 Å². The molecule has 59 heavy (non-hydrogen) atoms. The SMILES string of the molecule is CCC1=C(N2CCN(C(=O)C3=C=C=CC=C3NS(=O)(=O)C3CC3)CC2)C(O)n2nc(-c3ccc4c(c3)CCOC4)nc2N1CC(=O)Nc1ccc(C(F)(F)F)c2c1CC2. The van der Waals surface area contributed by atoms with E-state index in [1.54, 1.807) is 9.80 Å². The van der Waals surface area contributed by atoms with Crippen LogP contribution in [0.3, 0.4) is 0 Å². The van der Waals surface area contributed by atoms with Gasteiger partial charge in [-0.2, -0.15) is 22.8 Å². The first-order chi connectivity index (χ1) is 28.3. The van der Waals surface area contributed by atoms with Crippen molar-refractivity contribution in [3.8, 4) is 11.4 Å². The van der Waals surface area contributed by atoms with Crippen molar-refractivity contribution in [2.24, 2.45) is 0 Å². The van der Waals surface area contributed by atoms with E-state index in [0.29, 0.717) is 72.9 Å². The van der Waals surface area contributed by atoms with Crippen LogP contribution in [0.2, 0.25) is 0 Å². The number of carbonyl (C=O) groups excluding carboxylic acids is 2. The Bertz CT molecular complexity index is 2560. The zero-order valence-corrected chi connectivity index (χ0v) is 32.9. The highest BCUT2D eigenvalue weighted by Gasteiger charge is 2.41. The van der Waals surface area contributed by atoms with Crippen molar-refractivity contribution >= 4 is 33.5 Å². The van der Waals surface area contributed by atoms with E-state index in [0.717, 1.165) is 23.6 Å². The molecule has 14 nitrogen and oxygen atoms in total. The number of aliphatic hydroxyl groups excluding tert-OH is 1. The van der Waals surface area contributed by atoms with Gasteiger partial charge >= 0.3 is 6.18 Å². The Labute approximate surface area is 338 Å². The van der Waals surface area contributed by atoms with Gasteiger partial charge in [0.15, 0.2) is 12.1 Å². The van der Waals surface area contributed by atoms with Crippen LogP contribution in [0.1, 0.15) is 60.2 Å². The Hall–Kier alpha value is -5.64. The molecule has 2 aromatic carbocycles. The zero-order valence-electron chi connectivity index (χ0n) is 32.1. The minimum absolute atomic E-state index is 0.0611. The van der Waals surface area contributed by atoms with Gasteiger partial charge in [-0.1, -0.05) is 30.5 Å². The summed E-state index contributed by atoms with van der Waals surface area (Å²) in [5.74, 6) is -0.361. The minimum atomic E-state index is -4.50. The summed E-state index contributed by atoms with van der Waals surface area (Å²) in [4.78, 5) is 37.8. The number of rotatable bonds is 10. The summed E-state index contributed by atoms with van der Waals surface area (Å²) in [6.45, 7) is 3.69. The first kappa shape index (κ1) is 38.9. The molecule has 0 spiro atoms. The number of sulfonamides is 1. The molecule has 1 atom stereocenters. The van der Waals surface area contributed by atoms with Crippen molar-refractivity contribution in [2.75, 3.05) is 49.5 Å². The average molecular weight is 831 g/mol. The standard InChI is InChI=1S/C41H41F3N8O6S/c1-2-34-36(49-16-18-50(19-17-49)38(54)30-5-3-4-6-33(30)48-59(56,57)27-9-10-27)39(55)52-40(46-37(47-52)25-7-8-26-23-58-20-15-24(26)21-25)51(34)22-35(53)45-32-14-13-31(41(42,43)44)28-11-12-29(28)32/h4,6-8,13-14,21,27,39,48,55H,2,9-12,15-20,22-23H2,1H3,(H,45,53). The van der Waals surface area contributed by atoms with E-state index in [9.17, 15) is 36.3 Å². The first-order valence-corrected chi connectivity index (χ1v) is 21.2. The third kappa shape index (κ3) is 7.25. The lowest BCUT2D eigenvalue weighted by Crippen LogP contribution is -2.52. The number of carbonyl (C=O) groups is 2. The van der Waals surface area contributed by atoms with Crippen molar-refractivity contribution in [2.45, 2.75) is 69.7 Å². The molecule has 1 saturated carbocycles. The Morgan fingerprint density at radius 3 is 2.53 bits per heavy atom. The maximum Gasteiger partial charge on any atom is 0.416 e. The lowest BCUT2D eigenvalue weighted by atomic mass is 9.83. The Kier molecular flexibility index (Phi) is 9.80. The van der Waals surface area contributed by atoms with Crippen molar-refractivity contribution < 1.29 is 41.0 Å². The molecule has 3 aromatic rings. The maximum absolute atomic E-state index is 13.9. The summed E-state index contributed by atoms with van der Waals surface area (Å²) in [5.41, 5.74) is 9.97. The van der Waals surface area contributed by atoms with E-state index in [1.807, 2.05) is 30.0 Å². The summed E-state index contributed by atoms with van der Waals surface area (Å²) in [5, 5.41) is 19.2. The number of aliphatic hydroxyl groups is 1. The fraction of sp³-hybridized carbons (Fsp3) is 0.415. The van der Waals surface area contributed by atoms with Gasteiger partial charge in [-0.15, -0.1) is 5.10 Å². The van der Waals surface area contributed by atoms with Crippen LogP contribution in [0.25, 0.3) is 11.4 Å². The van der Waals surface area contributed by atoms with Crippen LogP contribution >= 0.6 is 0 Å². The predicted octanol–water partition coefficient (Wildman–Crippen LogP) is 4.07. The Morgan fingerprint density at radius 2 is 1.81 bits per heavy atom. The highest BCUT2D eigenvalue weighted by molar-refractivity contribution is 7.90. The van der Waals surface area contributed by atoms with Gasteiger partial charge in [0.05, 0.1) is 35.4 Å². The third-order valence-electron chi connectivity index (χ3n) is 11.6. The number of ether oxygens (including phenoxy) is 1. The zero-order chi connectivity index (χ0) is 41.2. The van der Waals surface area contributed by atoms with Crippen LogP contribution < -0.4 is 14.9 Å². The lowest BCUT2D eigenvalue weighted by Gasteiger charge is -2.43. The number of piperazine rings is 1. The molecule has 3 aliphatic carbocycles. The smallest absolute Gasteiger partial charge is 0.376 e. The molecule has 308 valence electrons. The van der Waals surface area contributed by atoms with Crippen LogP contribution in [-0.4, -0.2) is 94.5 Å². The van der Waals surface area contributed by atoms with E-state index in [4.69, 9.17) is 14.8 Å². The second kappa shape index (κ2) is 14.9. The number of hydrogen-bond acceptors (Lipinski definition) is 10. The van der Waals surface area contributed by atoms with Gasteiger partial charge in [-0.3, -0.25) is 14.3 Å². The number of nitrogens with zero attached hydrogens (tertiary/aromatic N) is 6. The number of amides is 2. The van der Waals surface area contributed by atoms with Crippen LogP contribution in [0.5, 0.6) is 0 Å². The number of alkyl halides is 3. The number of fused-ring (bicyclic) bond motifs is 3. The van der Waals surface area contributed by atoms with Crippen molar-refractivity contribution in [3.63, 3.8) is 0 Å². The van der Waals surface area contributed by atoms with Crippen LogP contribution in [0.4, 0.5) is 24.8 Å². The second-order valence-electron chi connectivity index (χ2n) is 15.3. The van der Waals surface area contributed by atoms with Crippen LogP contribution in [0.15, 0.2) is 76.6 Å². The normalized spacial score (nSPS) is 20.0. The van der Waals surface area contributed by atoms with E-state index in [-0.39, 0.29) is 61.9 Å². The second-order valence-corrected chi connectivity index (χ2v) is 17.3. The number of anilines is 2. The molecule has 3 N–H and O–H groups in total.